The minimum absolute atomic E-state index is 0.0555. The van der Waals surface area contributed by atoms with Gasteiger partial charge in [0.2, 0.25) is 0 Å². The maximum atomic E-state index is 9.03. The van der Waals surface area contributed by atoms with Gasteiger partial charge in [-0.05, 0) is 23.6 Å². The number of nitrogens with zero attached hydrogens (tertiary/aromatic N) is 2. The molecule has 3 heteroatoms. The minimum Gasteiger partial charge on any atom is -0.392 e. The quantitative estimate of drug-likeness (QED) is 0.914. The molecule has 1 aliphatic rings. The highest BCUT2D eigenvalue weighted by molar-refractivity contribution is 5.42. The van der Waals surface area contributed by atoms with E-state index in [-0.39, 0.29) is 6.61 Å². The lowest BCUT2D eigenvalue weighted by atomic mass is 9.99. The lowest BCUT2D eigenvalue weighted by Gasteiger charge is -2.17. The first-order valence-corrected chi connectivity index (χ1v) is 6.72. The Bertz CT molecular complexity index is 524. The van der Waals surface area contributed by atoms with E-state index in [1.807, 2.05) is 12.1 Å². The Hall–Kier alpha value is -1.87. The first kappa shape index (κ1) is 12.2. The number of aromatic nitrogens is 1. The lowest BCUT2D eigenvalue weighted by molar-refractivity contribution is 0.281. The Morgan fingerprint density at radius 3 is 2.68 bits per heavy atom. The van der Waals surface area contributed by atoms with E-state index >= 15 is 0 Å². The minimum atomic E-state index is 0.0555. The van der Waals surface area contributed by atoms with Crippen molar-refractivity contribution in [1.82, 2.24) is 4.98 Å². The normalized spacial score (nSPS) is 18.8. The molecule has 19 heavy (non-hydrogen) atoms. The van der Waals surface area contributed by atoms with E-state index in [1.54, 1.807) is 6.20 Å². The monoisotopic (exact) mass is 254 g/mol. The molecular weight excluding hydrogens is 236 g/mol. The summed E-state index contributed by atoms with van der Waals surface area (Å²) in [6.07, 6.45) is 2.93. The molecule has 1 saturated heterocycles. The van der Waals surface area contributed by atoms with Crippen LogP contribution >= 0.6 is 0 Å². The number of aliphatic hydroxyl groups excluding tert-OH is 1. The molecule has 1 unspecified atom stereocenters. The van der Waals surface area contributed by atoms with Crippen LogP contribution in [0.15, 0.2) is 48.7 Å². The third-order valence-electron chi connectivity index (χ3n) is 3.77. The molecule has 0 bridgehead atoms. The second-order valence-corrected chi connectivity index (χ2v) is 5.03. The standard InChI is InChI=1S/C16H18N2O/c19-12-13-6-7-16(17-10-13)18-9-8-15(11-18)14-4-2-1-3-5-14/h1-7,10,15,19H,8-9,11-12H2. The van der Waals surface area contributed by atoms with Crippen molar-refractivity contribution < 1.29 is 5.11 Å². The number of rotatable bonds is 3. The number of pyridine rings is 1. The van der Waals surface area contributed by atoms with E-state index in [4.69, 9.17) is 5.11 Å². The zero-order valence-electron chi connectivity index (χ0n) is 10.9. The highest BCUT2D eigenvalue weighted by Gasteiger charge is 2.24. The number of aliphatic hydroxyl groups is 1. The Morgan fingerprint density at radius 1 is 1.16 bits per heavy atom. The maximum absolute atomic E-state index is 9.03. The van der Waals surface area contributed by atoms with E-state index in [0.717, 1.165) is 24.5 Å². The first-order chi connectivity index (χ1) is 9.36. The van der Waals surface area contributed by atoms with Gasteiger partial charge in [0.1, 0.15) is 5.82 Å². The Labute approximate surface area is 113 Å². The largest absolute Gasteiger partial charge is 0.392 e. The highest BCUT2D eigenvalue weighted by Crippen LogP contribution is 2.29. The van der Waals surface area contributed by atoms with Crippen LogP contribution in [0.1, 0.15) is 23.5 Å². The van der Waals surface area contributed by atoms with Gasteiger partial charge in [0.25, 0.3) is 0 Å². The van der Waals surface area contributed by atoms with Crippen molar-refractivity contribution in [2.75, 3.05) is 18.0 Å². The summed E-state index contributed by atoms with van der Waals surface area (Å²) >= 11 is 0. The van der Waals surface area contributed by atoms with Gasteiger partial charge in [0.15, 0.2) is 0 Å². The van der Waals surface area contributed by atoms with Gasteiger partial charge in [-0.2, -0.15) is 0 Å². The second-order valence-electron chi connectivity index (χ2n) is 5.03. The number of hydrogen-bond acceptors (Lipinski definition) is 3. The average Bonchev–Trinajstić information content (AvgIpc) is 2.98. The van der Waals surface area contributed by atoms with Crippen LogP contribution < -0.4 is 4.90 Å². The molecule has 0 radical (unpaired) electrons. The summed E-state index contributed by atoms with van der Waals surface area (Å²) in [6.45, 7) is 2.13. The van der Waals surface area contributed by atoms with E-state index < -0.39 is 0 Å². The summed E-state index contributed by atoms with van der Waals surface area (Å²) in [4.78, 5) is 6.74. The predicted molar refractivity (Wildman–Crippen MR) is 76.2 cm³/mol. The Kier molecular flexibility index (Phi) is 3.47. The number of hydrogen-bond donors (Lipinski definition) is 1. The molecule has 0 amide bonds. The Morgan fingerprint density at radius 2 is 2.00 bits per heavy atom. The molecular formula is C16H18N2O. The molecule has 2 heterocycles. The Balaban J connectivity index is 1.71. The second kappa shape index (κ2) is 5.41. The van der Waals surface area contributed by atoms with Gasteiger partial charge in [-0.3, -0.25) is 0 Å². The van der Waals surface area contributed by atoms with Gasteiger partial charge >= 0.3 is 0 Å². The van der Waals surface area contributed by atoms with E-state index in [0.29, 0.717) is 5.92 Å². The molecule has 1 aromatic heterocycles. The molecule has 1 aliphatic heterocycles. The van der Waals surface area contributed by atoms with Gasteiger partial charge in [0, 0.05) is 25.2 Å². The van der Waals surface area contributed by atoms with Crippen LogP contribution in [0.25, 0.3) is 0 Å². The molecule has 3 rings (SSSR count). The van der Waals surface area contributed by atoms with Crippen molar-refractivity contribution in [3.8, 4) is 0 Å². The van der Waals surface area contributed by atoms with Crippen molar-refractivity contribution in [3.63, 3.8) is 0 Å². The van der Waals surface area contributed by atoms with Crippen molar-refractivity contribution >= 4 is 5.82 Å². The van der Waals surface area contributed by atoms with Crippen LogP contribution in [0, 0.1) is 0 Å². The van der Waals surface area contributed by atoms with Crippen LogP contribution in [-0.4, -0.2) is 23.2 Å². The lowest BCUT2D eigenvalue weighted by Crippen LogP contribution is -2.20. The van der Waals surface area contributed by atoms with E-state index in [2.05, 4.69) is 40.2 Å². The fourth-order valence-corrected chi connectivity index (χ4v) is 2.66. The summed E-state index contributed by atoms with van der Waals surface area (Å²) in [5.74, 6) is 1.61. The molecule has 0 spiro atoms. The highest BCUT2D eigenvalue weighted by atomic mass is 16.3. The molecule has 2 aromatic rings. The van der Waals surface area contributed by atoms with Crippen molar-refractivity contribution in [2.24, 2.45) is 0 Å². The van der Waals surface area contributed by atoms with Crippen LogP contribution in [0.2, 0.25) is 0 Å². The van der Waals surface area contributed by atoms with E-state index in [1.165, 1.54) is 12.0 Å². The van der Waals surface area contributed by atoms with Crippen LogP contribution in [0.5, 0.6) is 0 Å². The first-order valence-electron chi connectivity index (χ1n) is 6.72. The van der Waals surface area contributed by atoms with Crippen molar-refractivity contribution in [2.45, 2.75) is 18.9 Å². The van der Waals surface area contributed by atoms with Gasteiger partial charge in [0.05, 0.1) is 6.61 Å². The zero-order chi connectivity index (χ0) is 13.1. The van der Waals surface area contributed by atoms with Crippen molar-refractivity contribution in [3.05, 3.63) is 59.8 Å². The van der Waals surface area contributed by atoms with Gasteiger partial charge in [-0.15, -0.1) is 0 Å². The van der Waals surface area contributed by atoms with Crippen LogP contribution in [0.4, 0.5) is 5.82 Å². The average molecular weight is 254 g/mol. The fraction of sp³-hybridized carbons (Fsp3) is 0.312. The number of benzene rings is 1. The van der Waals surface area contributed by atoms with Gasteiger partial charge in [-0.25, -0.2) is 4.98 Å². The zero-order valence-corrected chi connectivity index (χ0v) is 10.9. The third kappa shape index (κ3) is 2.61. The van der Waals surface area contributed by atoms with Crippen LogP contribution in [-0.2, 0) is 6.61 Å². The van der Waals surface area contributed by atoms with Gasteiger partial charge < -0.3 is 10.0 Å². The molecule has 1 atom stereocenters. The molecule has 1 N–H and O–H groups in total. The summed E-state index contributed by atoms with van der Waals surface area (Å²) in [5, 5.41) is 9.03. The molecule has 1 fully saturated rings. The fourth-order valence-electron chi connectivity index (χ4n) is 2.66. The summed E-state index contributed by atoms with van der Waals surface area (Å²) < 4.78 is 0. The smallest absolute Gasteiger partial charge is 0.128 e. The maximum Gasteiger partial charge on any atom is 0.128 e. The molecule has 98 valence electrons. The SMILES string of the molecule is OCc1ccc(N2CCC(c3ccccc3)C2)nc1. The molecule has 3 nitrogen and oxygen atoms in total. The number of anilines is 1. The summed E-state index contributed by atoms with van der Waals surface area (Å²) in [6, 6.07) is 14.6. The summed E-state index contributed by atoms with van der Waals surface area (Å²) in [5.41, 5.74) is 2.28. The van der Waals surface area contributed by atoms with Crippen LogP contribution in [0.3, 0.4) is 0 Å². The third-order valence-corrected chi connectivity index (χ3v) is 3.77. The van der Waals surface area contributed by atoms with E-state index in [9.17, 15) is 0 Å². The summed E-state index contributed by atoms with van der Waals surface area (Å²) in [7, 11) is 0. The molecule has 0 saturated carbocycles. The molecule has 0 aliphatic carbocycles. The van der Waals surface area contributed by atoms with Crippen molar-refractivity contribution in [1.29, 1.82) is 0 Å². The topological polar surface area (TPSA) is 36.4 Å². The van der Waals surface area contributed by atoms with Gasteiger partial charge in [-0.1, -0.05) is 36.4 Å². The molecule has 1 aromatic carbocycles. The predicted octanol–water partition coefficient (Wildman–Crippen LogP) is 2.57.